The Kier molecular flexibility index (Phi) is 5.14. The lowest BCUT2D eigenvalue weighted by molar-refractivity contribution is 0.0607. The summed E-state index contributed by atoms with van der Waals surface area (Å²) in [5, 5.41) is 3.25. The van der Waals surface area contributed by atoms with Crippen LogP contribution in [0.1, 0.15) is 43.0 Å². The fourth-order valence-electron chi connectivity index (χ4n) is 3.72. The molecular weight excluding hydrogens is 342 g/mol. The highest BCUT2D eigenvalue weighted by molar-refractivity contribution is 5.94. The van der Waals surface area contributed by atoms with E-state index < -0.39 is 0 Å². The number of hydrogen-bond acceptors (Lipinski definition) is 5. The number of hydrogen-bond donors (Lipinski definition) is 1. The Bertz CT molecular complexity index is 807. The molecule has 0 radical (unpaired) electrons. The zero-order chi connectivity index (χ0) is 18.6. The fraction of sp³-hybridized carbons (Fsp3) is 0.429. The summed E-state index contributed by atoms with van der Waals surface area (Å²) in [4.78, 5) is 19.3. The molecule has 2 aromatic rings. The number of benzene rings is 1. The van der Waals surface area contributed by atoms with Gasteiger partial charge in [-0.25, -0.2) is 4.98 Å². The molecule has 0 aliphatic carbocycles. The van der Waals surface area contributed by atoms with E-state index in [1.54, 1.807) is 6.20 Å². The van der Waals surface area contributed by atoms with Gasteiger partial charge in [-0.15, -0.1) is 0 Å². The van der Waals surface area contributed by atoms with Gasteiger partial charge in [-0.2, -0.15) is 0 Å². The summed E-state index contributed by atoms with van der Waals surface area (Å²) >= 11 is 0. The molecule has 4 rings (SSSR count). The predicted molar refractivity (Wildman–Crippen MR) is 104 cm³/mol. The second-order valence-corrected chi connectivity index (χ2v) is 6.97. The van der Waals surface area contributed by atoms with Gasteiger partial charge in [0.15, 0.2) is 11.5 Å². The number of likely N-dealkylation sites (tertiary alicyclic amines) is 1. The second kappa shape index (κ2) is 7.86. The van der Waals surface area contributed by atoms with Gasteiger partial charge in [-0.1, -0.05) is 6.92 Å². The largest absolute Gasteiger partial charge is 0.486 e. The van der Waals surface area contributed by atoms with E-state index in [1.165, 1.54) is 6.42 Å². The molecule has 1 N–H and O–H groups in total. The highest BCUT2D eigenvalue weighted by atomic mass is 16.6. The molecule has 6 heteroatoms. The van der Waals surface area contributed by atoms with Crippen LogP contribution in [0.25, 0.3) is 0 Å². The van der Waals surface area contributed by atoms with Crippen LogP contribution in [0.3, 0.4) is 0 Å². The number of rotatable bonds is 4. The fourth-order valence-corrected chi connectivity index (χ4v) is 3.72. The lowest BCUT2D eigenvalue weighted by Gasteiger charge is -2.35. The van der Waals surface area contributed by atoms with Crippen LogP contribution >= 0.6 is 0 Å². The minimum atomic E-state index is 0.0833. The van der Waals surface area contributed by atoms with Crippen LogP contribution in [0, 0.1) is 0 Å². The first-order valence-electron chi connectivity index (χ1n) is 9.68. The average molecular weight is 367 g/mol. The standard InChI is InChI=1S/C21H25N3O3/c1-2-17-5-3-4-10-24(17)21(25)15-6-9-20(22-14-15)23-16-7-8-18-19(13-16)27-12-11-26-18/h6-9,13-14,17H,2-5,10-12H2,1H3,(H,22,23). The number of piperidine rings is 1. The quantitative estimate of drug-likeness (QED) is 0.885. The summed E-state index contributed by atoms with van der Waals surface area (Å²) in [7, 11) is 0. The SMILES string of the molecule is CCC1CCCCN1C(=O)c1ccc(Nc2ccc3c(c2)OCCO3)nc1. The molecule has 1 aromatic carbocycles. The molecule has 27 heavy (non-hydrogen) atoms. The third-order valence-corrected chi connectivity index (χ3v) is 5.18. The van der Waals surface area contributed by atoms with Gasteiger partial charge in [0.1, 0.15) is 19.0 Å². The van der Waals surface area contributed by atoms with Crippen LogP contribution in [0.4, 0.5) is 11.5 Å². The third-order valence-electron chi connectivity index (χ3n) is 5.18. The Labute approximate surface area is 159 Å². The first-order valence-corrected chi connectivity index (χ1v) is 9.68. The topological polar surface area (TPSA) is 63.7 Å². The van der Waals surface area contributed by atoms with Crippen molar-refractivity contribution in [2.45, 2.75) is 38.6 Å². The Hall–Kier alpha value is -2.76. The van der Waals surface area contributed by atoms with E-state index in [4.69, 9.17) is 9.47 Å². The lowest BCUT2D eigenvalue weighted by atomic mass is 9.99. The number of nitrogens with zero attached hydrogens (tertiary/aromatic N) is 2. The molecule has 1 saturated heterocycles. The minimum absolute atomic E-state index is 0.0833. The smallest absolute Gasteiger partial charge is 0.255 e. The van der Waals surface area contributed by atoms with Crippen LogP contribution in [-0.2, 0) is 0 Å². The Morgan fingerprint density at radius 1 is 1.19 bits per heavy atom. The first-order chi connectivity index (χ1) is 13.2. The van der Waals surface area contributed by atoms with Crippen molar-refractivity contribution in [2.24, 2.45) is 0 Å². The summed E-state index contributed by atoms with van der Waals surface area (Å²) in [6, 6.07) is 9.74. The Morgan fingerprint density at radius 3 is 2.81 bits per heavy atom. The van der Waals surface area contributed by atoms with Crippen molar-refractivity contribution in [1.82, 2.24) is 9.88 Å². The first kappa shape index (κ1) is 17.6. The molecule has 1 aromatic heterocycles. The lowest BCUT2D eigenvalue weighted by Crippen LogP contribution is -2.43. The maximum absolute atomic E-state index is 12.8. The van der Waals surface area contributed by atoms with Crippen molar-refractivity contribution < 1.29 is 14.3 Å². The van der Waals surface area contributed by atoms with E-state index >= 15 is 0 Å². The zero-order valence-electron chi connectivity index (χ0n) is 15.6. The molecular formula is C21H25N3O3. The van der Waals surface area contributed by atoms with Crippen LogP contribution in [-0.4, -0.2) is 41.6 Å². The van der Waals surface area contributed by atoms with Crippen LogP contribution in [0.15, 0.2) is 36.5 Å². The van der Waals surface area contributed by atoms with E-state index in [-0.39, 0.29) is 5.91 Å². The van der Waals surface area contributed by atoms with Crippen molar-refractivity contribution >= 4 is 17.4 Å². The van der Waals surface area contributed by atoms with E-state index in [0.29, 0.717) is 30.6 Å². The van der Waals surface area contributed by atoms with Gasteiger partial charge < -0.3 is 19.7 Å². The van der Waals surface area contributed by atoms with Crippen LogP contribution < -0.4 is 14.8 Å². The Morgan fingerprint density at radius 2 is 2.04 bits per heavy atom. The summed E-state index contributed by atoms with van der Waals surface area (Å²) in [5.41, 5.74) is 1.51. The number of aromatic nitrogens is 1. The summed E-state index contributed by atoms with van der Waals surface area (Å²) in [5.74, 6) is 2.26. The van der Waals surface area contributed by atoms with Crippen molar-refractivity contribution in [3.63, 3.8) is 0 Å². The highest BCUT2D eigenvalue weighted by Gasteiger charge is 2.26. The van der Waals surface area contributed by atoms with E-state index in [2.05, 4.69) is 17.2 Å². The van der Waals surface area contributed by atoms with Gasteiger partial charge >= 0.3 is 0 Å². The van der Waals surface area contributed by atoms with Crippen molar-refractivity contribution in [3.8, 4) is 11.5 Å². The minimum Gasteiger partial charge on any atom is -0.486 e. The number of pyridine rings is 1. The van der Waals surface area contributed by atoms with Gasteiger partial charge in [0.05, 0.1) is 5.56 Å². The monoisotopic (exact) mass is 367 g/mol. The van der Waals surface area contributed by atoms with Crippen LogP contribution in [0.5, 0.6) is 11.5 Å². The molecule has 1 unspecified atom stereocenters. The van der Waals surface area contributed by atoms with E-state index in [9.17, 15) is 4.79 Å². The molecule has 0 saturated carbocycles. The van der Waals surface area contributed by atoms with Gasteiger partial charge in [0, 0.05) is 30.5 Å². The average Bonchev–Trinajstić information content (AvgIpc) is 2.73. The molecule has 1 amide bonds. The van der Waals surface area contributed by atoms with E-state index in [1.807, 2.05) is 35.2 Å². The molecule has 1 atom stereocenters. The van der Waals surface area contributed by atoms with E-state index in [0.717, 1.165) is 43.0 Å². The van der Waals surface area contributed by atoms with Gasteiger partial charge in [0.25, 0.3) is 5.91 Å². The maximum atomic E-state index is 12.8. The molecule has 0 bridgehead atoms. The number of ether oxygens (including phenoxy) is 2. The normalized spacial score (nSPS) is 18.9. The number of anilines is 2. The second-order valence-electron chi connectivity index (χ2n) is 6.97. The van der Waals surface area contributed by atoms with Crippen LogP contribution in [0.2, 0.25) is 0 Å². The molecule has 2 aliphatic rings. The van der Waals surface area contributed by atoms with Crippen molar-refractivity contribution in [2.75, 3.05) is 25.1 Å². The van der Waals surface area contributed by atoms with Gasteiger partial charge in [-0.3, -0.25) is 4.79 Å². The number of amides is 1. The summed E-state index contributed by atoms with van der Waals surface area (Å²) < 4.78 is 11.1. The molecule has 2 aliphatic heterocycles. The van der Waals surface area contributed by atoms with Crippen molar-refractivity contribution in [1.29, 1.82) is 0 Å². The summed E-state index contributed by atoms with van der Waals surface area (Å²) in [6.07, 6.45) is 6.05. The van der Waals surface area contributed by atoms with Gasteiger partial charge in [-0.05, 0) is 49.9 Å². The van der Waals surface area contributed by atoms with Crippen molar-refractivity contribution in [3.05, 3.63) is 42.1 Å². The molecule has 1 fully saturated rings. The third kappa shape index (κ3) is 3.84. The van der Waals surface area contributed by atoms with Gasteiger partial charge in [0.2, 0.25) is 0 Å². The molecule has 142 valence electrons. The number of nitrogens with one attached hydrogen (secondary N) is 1. The zero-order valence-corrected chi connectivity index (χ0v) is 15.6. The predicted octanol–water partition coefficient (Wildman–Crippen LogP) is 4.00. The highest BCUT2D eigenvalue weighted by Crippen LogP contribution is 2.33. The molecule has 6 nitrogen and oxygen atoms in total. The Balaban J connectivity index is 1.45. The number of carbonyl (C=O) groups excluding carboxylic acids is 1. The number of carbonyl (C=O) groups is 1. The summed E-state index contributed by atoms with van der Waals surface area (Å²) in [6.45, 7) is 4.12. The number of fused-ring (bicyclic) bond motifs is 1. The molecule has 0 spiro atoms. The molecule has 3 heterocycles. The maximum Gasteiger partial charge on any atom is 0.255 e.